The lowest BCUT2D eigenvalue weighted by molar-refractivity contribution is 0.0948. The lowest BCUT2D eigenvalue weighted by Crippen LogP contribution is -2.26. The molecule has 5 nitrogen and oxygen atoms in total. The van der Waals surface area contributed by atoms with Gasteiger partial charge in [-0.05, 0) is 36.8 Å². The molecule has 2 aromatic heterocycles. The van der Waals surface area contributed by atoms with Gasteiger partial charge < -0.3 is 5.32 Å². The van der Waals surface area contributed by atoms with Crippen LogP contribution < -0.4 is 5.32 Å². The summed E-state index contributed by atoms with van der Waals surface area (Å²) in [6, 6.07) is 8.41. The Balaban J connectivity index is 1.55. The summed E-state index contributed by atoms with van der Waals surface area (Å²) in [5.41, 5.74) is 0.464. The van der Waals surface area contributed by atoms with Gasteiger partial charge in [0.2, 0.25) is 0 Å². The maximum absolute atomic E-state index is 13.5. The molecule has 2 heterocycles. The molecule has 118 valence electrons. The summed E-state index contributed by atoms with van der Waals surface area (Å²) in [7, 11) is 0. The quantitative estimate of drug-likeness (QED) is 0.735. The summed E-state index contributed by atoms with van der Waals surface area (Å²) in [5, 5.41) is 10.7. The van der Waals surface area contributed by atoms with Gasteiger partial charge in [0.05, 0.1) is 5.56 Å². The number of aryl methyl sites for hydroxylation is 1. The monoisotopic (exact) mass is 316 g/mol. The number of aromatic nitrogens is 3. The van der Waals surface area contributed by atoms with Crippen LogP contribution in [-0.2, 0) is 6.42 Å². The van der Waals surface area contributed by atoms with E-state index in [0.29, 0.717) is 19.4 Å². The van der Waals surface area contributed by atoms with Crippen molar-refractivity contribution in [3.8, 4) is 0 Å². The van der Waals surface area contributed by atoms with Gasteiger partial charge in [0.1, 0.15) is 17.5 Å². The Labute approximate surface area is 131 Å². The van der Waals surface area contributed by atoms with Gasteiger partial charge in [0.15, 0.2) is 5.65 Å². The van der Waals surface area contributed by atoms with E-state index in [0.717, 1.165) is 29.7 Å². The van der Waals surface area contributed by atoms with Crippen molar-refractivity contribution in [2.45, 2.75) is 12.8 Å². The number of pyridine rings is 1. The first-order valence-corrected chi connectivity index (χ1v) is 7.17. The fraction of sp³-hybridized carbons (Fsp3) is 0.188. The molecule has 0 aliphatic carbocycles. The van der Waals surface area contributed by atoms with Crippen LogP contribution in [0.3, 0.4) is 0 Å². The van der Waals surface area contributed by atoms with Crippen molar-refractivity contribution >= 4 is 11.6 Å². The van der Waals surface area contributed by atoms with E-state index < -0.39 is 17.5 Å². The number of hydrogen-bond acceptors (Lipinski definition) is 3. The molecule has 23 heavy (non-hydrogen) atoms. The number of rotatable bonds is 5. The average molecular weight is 316 g/mol. The first-order valence-electron chi connectivity index (χ1n) is 7.17. The zero-order valence-electron chi connectivity index (χ0n) is 12.2. The minimum Gasteiger partial charge on any atom is -0.352 e. The smallest absolute Gasteiger partial charge is 0.254 e. The van der Waals surface area contributed by atoms with Crippen molar-refractivity contribution in [2.75, 3.05) is 6.54 Å². The molecule has 0 saturated carbocycles. The molecule has 1 N–H and O–H groups in total. The molecule has 1 amide bonds. The molecule has 0 radical (unpaired) electrons. The van der Waals surface area contributed by atoms with Gasteiger partial charge in [-0.1, -0.05) is 6.07 Å². The number of halogens is 2. The van der Waals surface area contributed by atoms with Crippen molar-refractivity contribution in [3.63, 3.8) is 0 Å². The summed E-state index contributed by atoms with van der Waals surface area (Å²) in [5.74, 6) is -1.24. The Morgan fingerprint density at radius 1 is 1.17 bits per heavy atom. The molecule has 0 spiro atoms. The third-order valence-corrected chi connectivity index (χ3v) is 3.42. The van der Waals surface area contributed by atoms with Gasteiger partial charge in [0, 0.05) is 19.2 Å². The Kier molecular flexibility index (Phi) is 4.27. The topological polar surface area (TPSA) is 59.3 Å². The Morgan fingerprint density at radius 3 is 2.91 bits per heavy atom. The van der Waals surface area contributed by atoms with Crippen LogP contribution in [0.5, 0.6) is 0 Å². The van der Waals surface area contributed by atoms with Crippen LogP contribution in [0.25, 0.3) is 5.65 Å². The second-order valence-corrected chi connectivity index (χ2v) is 5.03. The molecule has 0 fully saturated rings. The largest absolute Gasteiger partial charge is 0.352 e. The lowest BCUT2D eigenvalue weighted by Gasteiger charge is -2.06. The molecule has 7 heteroatoms. The summed E-state index contributed by atoms with van der Waals surface area (Å²) in [6.45, 7) is 0.330. The highest BCUT2D eigenvalue weighted by Crippen LogP contribution is 2.09. The van der Waals surface area contributed by atoms with Crippen molar-refractivity contribution in [3.05, 3.63) is 65.6 Å². The Bertz CT molecular complexity index is 847. The van der Waals surface area contributed by atoms with Crippen LogP contribution in [0.4, 0.5) is 8.78 Å². The van der Waals surface area contributed by atoms with Gasteiger partial charge in [-0.15, -0.1) is 10.2 Å². The predicted octanol–water partition coefficient (Wildman–Crippen LogP) is 2.37. The third kappa shape index (κ3) is 3.33. The number of nitrogens with one attached hydrogen (secondary N) is 1. The summed E-state index contributed by atoms with van der Waals surface area (Å²) in [4.78, 5) is 11.8. The normalized spacial score (nSPS) is 10.9. The Morgan fingerprint density at radius 2 is 2.04 bits per heavy atom. The molecular weight excluding hydrogens is 302 g/mol. The van der Waals surface area contributed by atoms with Crippen molar-refractivity contribution < 1.29 is 13.6 Å². The van der Waals surface area contributed by atoms with Crippen LogP contribution in [0.15, 0.2) is 42.6 Å². The van der Waals surface area contributed by atoms with Crippen LogP contribution in [0, 0.1) is 11.6 Å². The molecule has 1 aromatic carbocycles. The van der Waals surface area contributed by atoms with E-state index in [1.165, 1.54) is 0 Å². The van der Waals surface area contributed by atoms with E-state index in [9.17, 15) is 13.6 Å². The van der Waals surface area contributed by atoms with Crippen molar-refractivity contribution in [2.24, 2.45) is 0 Å². The fourth-order valence-corrected chi connectivity index (χ4v) is 2.28. The lowest BCUT2D eigenvalue weighted by atomic mass is 10.2. The van der Waals surface area contributed by atoms with E-state index in [4.69, 9.17) is 0 Å². The SMILES string of the molecule is O=C(NCCCc1nnc2ccccn12)c1cc(F)ccc1F. The number of hydrogen-bond donors (Lipinski definition) is 1. The van der Waals surface area contributed by atoms with Crippen LogP contribution in [0.1, 0.15) is 22.6 Å². The fourth-order valence-electron chi connectivity index (χ4n) is 2.28. The maximum Gasteiger partial charge on any atom is 0.254 e. The zero-order chi connectivity index (χ0) is 16.2. The number of carbonyl (C=O) groups is 1. The minimum absolute atomic E-state index is 0.294. The molecule has 0 bridgehead atoms. The number of benzene rings is 1. The maximum atomic E-state index is 13.5. The number of nitrogens with zero attached hydrogens (tertiary/aromatic N) is 3. The molecule has 0 aliphatic rings. The number of fused-ring (bicyclic) bond motifs is 1. The summed E-state index contributed by atoms with van der Waals surface area (Å²) < 4.78 is 28.4. The number of carbonyl (C=O) groups excluding carboxylic acids is 1. The van der Waals surface area contributed by atoms with Crippen LogP contribution in [0.2, 0.25) is 0 Å². The first kappa shape index (κ1) is 15.1. The van der Waals surface area contributed by atoms with E-state index >= 15 is 0 Å². The molecule has 0 atom stereocenters. The molecule has 0 aliphatic heterocycles. The van der Waals surface area contributed by atoms with Gasteiger partial charge in [-0.25, -0.2) is 8.78 Å². The van der Waals surface area contributed by atoms with Gasteiger partial charge in [-0.2, -0.15) is 0 Å². The molecular formula is C16H14F2N4O. The Hall–Kier alpha value is -2.83. The van der Waals surface area contributed by atoms with Gasteiger partial charge in [-0.3, -0.25) is 9.20 Å². The molecule has 3 rings (SSSR count). The summed E-state index contributed by atoms with van der Waals surface area (Å²) in [6.07, 6.45) is 3.08. The summed E-state index contributed by atoms with van der Waals surface area (Å²) >= 11 is 0. The second kappa shape index (κ2) is 6.51. The molecule has 0 saturated heterocycles. The van der Waals surface area contributed by atoms with Crippen molar-refractivity contribution in [1.82, 2.24) is 19.9 Å². The zero-order valence-corrected chi connectivity index (χ0v) is 12.2. The highest BCUT2D eigenvalue weighted by atomic mass is 19.1. The minimum atomic E-state index is -0.743. The second-order valence-electron chi connectivity index (χ2n) is 5.03. The first-order chi connectivity index (χ1) is 11.1. The predicted molar refractivity (Wildman–Crippen MR) is 80.0 cm³/mol. The highest BCUT2D eigenvalue weighted by Gasteiger charge is 2.12. The van der Waals surface area contributed by atoms with E-state index in [1.54, 1.807) is 0 Å². The van der Waals surface area contributed by atoms with Gasteiger partial charge >= 0.3 is 0 Å². The van der Waals surface area contributed by atoms with E-state index in [2.05, 4.69) is 15.5 Å². The van der Waals surface area contributed by atoms with E-state index in [-0.39, 0.29) is 5.56 Å². The van der Waals surface area contributed by atoms with E-state index in [1.807, 2.05) is 28.8 Å². The van der Waals surface area contributed by atoms with Gasteiger partial charge in [0.25, 0.3) is 5.91 Å². The average Bonchev–Trinajstić information content (AvgIpc) is 2.97. The standard InChI is InChI=1S/C16H14F2N4O/c17-11-6-7-13(18)12(10-11)16(23)19-8-3-5-15-21-20-14-4-1-2-9-22(14)15/h1-2,4,6-7,9-10H,3,5,8H2,(H,19,23). The van der Waals surface area contributed by atoms with Crippen molar-refractivity contribution in [1.29, 1.82) is 0 Å². The van der Waals surface area contributed by atoms with Crippen LogP contribution in [-0.4, -0.2) is 27.0 Å². The number of amides is 1. The third-order valence-electron chi connectivity index (χ3n) is 3.42. The highest BCUT2D eigenvalue weighted by molar-refractivity contribution is 5.94. The molecule has 0 unspecified atom stereocenters. The van der Waals surface area contributed by atoms with Crippen LogP contribution >= 0.6 is 0 Å². The molecule has 3 aromatic rings.